The lowest BCUT2D eigenvalue weighted by molar-refractivity contribution is 0.0315. The highest BCUT2D eigenvalue weighted by atomic mass is 35.5. The summed E-state index contributed by atoms with van der Waals surface area (Å²) in [5.74, 6) is -0.593. The van der Waals surface area contributed by atoms with Crippen LogP contribution in [0.5, 0.6) is 5.75 Å². The van der Waals surface area contributed by atoms with Gasteiger partial charge < -0.3 is 9.84 Å². The SMILES string of the molecule is [C-]#[N+]c1ccc(C(=O)NN2CCN(C[C@@H](O)COc3ccc(Cl)c(F)c3)CC2)nc1. The molecule has 8 nitrogen and oxygen atoms in total. The van der Waals surface area contributed by atoms with Gasteiger partial charge in [-0.1, -0.05) is 17.7 Å². The lowest BCUT2D eigenvalue weighted by atomic mass is 10.3. The Bertz CT molecular complexity index is 914. The molecule has 2 aromatic rings. The first kappa shape index (κ1) is 21.9. The normalized spacial score (nSPS) is 15.9. The summed E-state index contributed by atoms with van der Waals surface area (Å²) < 4.78 is 18.8. The summed E-state index contributed by atoms with van der Waals surface area (Å²) in [7, 11) is 0. The van der Waals surface area contributed by atoms with E-state index in [0.717, 1.165) is 0 Å². The van der Waals surface area contributed by atoms with E-state index in [0.29, 0.717) is 44.2 Å². The van der Waals surface area contributed by atoms with Crippen molar-refractivity contribution < 1.29 is 19.0 Å². The monoisotopic (exact) mass is 433 g/mol. The smallest absolute Gasteiger partial charge is 0.284 e. The minimum Gasteiger partial charge on any atom is -0.491 e. The molecule has 1 aliphatic rings. The predicted molar refractivity (Wildman–Crippen MR) is 109 cm³/mol. The van der Waals surface area contributed by atoms with Crippen LogP contribution in [0.3, 0.4) is 0 Å². The van der Waals surface area contributed by atoms with Crippen LogP contribution < -0.4 is 10.2 Å². The fraction of sp³-hybridized carbons (Fsp3) is 0.350. The number of hydrogen-bond donors (Lipinski definition) is 2. The van der Waals surface area contributed by atoms with Crippen LogP contribution in [-0.2, 0) is 0 Å². The number of halogens is 2. The molecule has 0 unspecified atom stereocenters. The molecule has 1 saturated heterocycles. The molecular weight excluding hydrogens is 413 g/mol. The van der Waals surface area contributed by atoms with E-state index >= 15 is 0 Å². The zero-order valence-corrected chi connectivity index (χ0v) is 16.8. The van der Waals surface area contributed by atoms with Gasteiger partial charge in [0.2, 0.25) is 5.69 Å². The van der Waals surface area contributed by atoms with Crippen LogP contribution in [0.4, 0.5) is 10.1 Å². The summed E-state index contributed by atoms with van der Waals surface area (Å²) >= 11 is 5.63. The highest BCUT2D eigenvalue weighted by Crippen LogP contribution is 2.20. The zero-order valence-electron chi connectivity index (χ0n) is 16.1. The molecule has 30 heavy (non-hydrogen) atoms. The highest BCUT2D eigenvalue weighted by Gasteiger charge is 2.21. The minimum atomic E-state index is -0.741. The molecule has 1 fully saturated rings. The van der Waals surface area contributed by atoms with Crippen molar-refractivity contribution in [2.24, 2.45) is 0 Å². The zero-order chi connectivity index (χ0) is 21.5. The second-order valence-electron chi connectivity index (χ2n) is 6.78. The Hall–Kier alpha value is -2.77. The van der Waals surface area contributed by atoms with E-state index in [1.807, 2.05) is 0 Å². The molecule has 1 aromatic carbocycles. The number of piperazine rings is 1. The van der Waals surface area contributed by atoms with Gasteiger partial charge in [-0.15, -0.1) is 0 Å². The van der Waals surface area contributed by atoms with E-state index < -0.39 is 11.9 Å². The van der Waals surface area contributed by atoms with Crippen LogP contribution in [0.1, 0.15) is 10.5 Å². The van der Waals surface area contributed by atoms with Crippen LogP contribution in [0, 0.1) is 12.4 Å². The van der Waals surface area contributed by atoms with E-state index in [1.54, 1.807) is 17.1 Å². The Morgan fingerprint density at radius 2 is 2.10 bits per heavy atom. The summed E-state index contributed by atoms with van der Waals surface area (Å²) in [6.45, 7) is 9.81. The molecule has 1 aromatic heterocycles. The van der Waals surface area contributed by atoms with Gasteiger partial charge in [0.15, 0.2) is 0 Å². The van der Waals surface area contributed by atoms with Crippen molar-refractivity contribution in [1.29, 1.82) is 0 Å². The largest absolute Gasteiger partial charge is 0.491 e. The van der Waals surface area contributed by atoms with E-state index in [1.165, 1.54) is 24.4 Å². The third kappa shape index (κ3) is 6.11. The predicted octanol–water partition coefficient (Wildman–Crippen LogP) is 2.13. The number of hydrazine groups is 1. The van der Waals surface area contributed by atoms with Crippen molar-refractivity contribution in [3.8, 4) is 5.75 Å². The molecule has 1 aliphatic heterocycles. The molecule has 0 radical (unpaired) electrons. The van der Waals surface area contributed by atoms with E-state index in [-0.39, 0.29) is 23.2 Å². The number of β-amino-alcohol motifs (C(OH)–C–C–N with tert-alkyl or cyclic N) is 1. The van der Waals surface area contributed by atoms with Crippen LogP contribution in [-0.4, -0.2) is 71.3 Å². The number of aromatic nitrogens is 1. The van der Waals surface area contributed by atoms with Crippen molar-refractivity contribution in [1.82, 2.24) is 20.3 Å². The minimum absolute atomic E-state index is 0.0176. The molecular formula is C20H21ClFN5O3. The molecule has 1 atom stereocenters. The lowest BCUT2D eigenvalue weighted by Gasteiger charge is -2.35. The molecule has 3 rings (SSSR count). The summed E-state index contributed by atoms with van der Waals surface area (Å²) in [5, 5.41) is 12.0. The van der Waals surface area contributed by atoms with E-state index in [2.05, 4.69) is 20.2 Å². The van der Waals surface area contributed by atoms with E-state index in [4.69, 9.17) is 22.9 Å². The van der Waals surface area contributed by atoms with Crippen molar-refractivity contribution in [2.75, 3.05) is 39.3 Å². The summed E-state index contributed by atoms with van der Waals surface area (Å²) in [6.07, 6.45) is 0.622. The third-order valence-corrected chi connectivity index (χ3v) is 4.85. The van der Waals surface area contributed by atoms with Crippen LogP contribution in [0.2, 0.25) is 5.02 Å². The molecule has 0 aliphatic carbocycles. The molecule has 2 N–H and O–H groups in total. The number of amides is 1. The highest BCUT2D eigenvalue weighted by molar-refractivity contribution is 6.30. The van der Waals surface area contributed by atoms with E-state index in [9.17, 15) is 14.3 Å². The first-order valence-electron chi connectivity index (χ1n) is 9.32. The second kappa shape index (κ2) is 10.3. The number of nitrogens with one attached hydrogen (secondary N) is 1. The van der Waals surface area contributed by atoms with Crippen LogP contribution in [0.15, 0.2) is 36.5 Å². The molecule has 1 amide bonds. The van der Waals surface area contributed by atoms with Gasteiger partial charge in [-0.25, -0.2) is 14.2 Å². The molecule has 158 valence electrons. The number of nitrogens with zero attached hydrogens (tertiary/aromatic N) is 4. The number of ether oxygens (including phenoxy) is 1. The van der Waals surface area contributed by atoms with Gasteiger partial charge >= 0.3 is 0 Å². The second-order valence-corrected chi connectivity index (χ2v) is 7.19. The maximum Gasteiger partial charge on any atom is 0.284 e. The standard InChI is InChI=1S/C20H21ClFN5O3/c1-23-14-2-5-19(24-11-14)20(29)25-27-8-6-26(7-9-27)12-15(28)13-30-16-3-4-17(21)18(22)10-16/h2-5,10-11,15,28H,6-9,12-13H2,(H,25,29)/t15-/m1/s1. The van der Waals surface area contributed by atoms with Gasteiger partial charge in [0.05, 0.1) is 11.6 Å². The van der Waals surface area contributed by atoms with Gasteiger partial charge in [0, 0.05) is 45.0 Å². The Morgan fingerprint density at radius 3 is 2.73 bits per heavy atom. The van der Waals surface area contributed by atoms with Gasteiger partial charge in [-0.3, -0.25) is 20.1 Å². The first-order valence-corrected chi connectivity index (χ1v) is 9.70. The molecule has 0 saturated carbocycles. The number of hydrogen-bond acceptors (Lipinski definition) is 6. The summed E-state index contributed by atoms with van der Waals surface area (Å²) in [4.78, 5) is 21.5. The average molecular weight is 434 g/mol. The Labute approximate surface area is 178 Å². The van der Waals surface area contributed by atoms with Crippen molar-refractivity contribution in [3.05, 3.63) is 64.5 Å². The fourth-order valence-electron chi connectivity index (χ4n) is 2.94. The van der Waals surface area contributed by atoms with Gasteiger partial charge in [-0.05, 0) is 18.2 Å². The number of carbonyl (C=O) groups excluding carboxylic acids is 1. The lowest BCUT2D eigenvalue weighted by Crippen LogP contribution is -2.55. The van der Waals surface area contributed by atoms with Crippen LogP contribution in [0.25, 0.3) is 4.85 Å². The van der Waals surface area contributed by atoms with Gasteiger partial charge in [0.25, 0.3) is 5.91 Å². The number of pyridine rings is 1. The summed E-state index contributed by atoms with van der Waals surface area (Å²) in [6, 6.07) is 7.20. The van der Waals surface area contributed by atoms with Crippen molar-refractivity contribution in [2.45, 2.75) is 6.10 Å². The molecule has 0 bridgehead atoms. The van der Waals surface area contributed by atoms with Gasteiger partial charge in [-0.2, -0.15) is 0 Å². The topological polar surface area (TPSA) is 82.3 Å². The summed E-state index contributed by atoms with van der Waals surface area (Å²) in [5.41, 5.74) is 3.42. The number of aliphatic hydroxyl groups is 1. The molecule has 0 spiro atoms. The number of carbonyl (C=O) groups is 1. The number of benzene rings is 1. The van der Waals surface area contributed by atoms with Crippen molar-refractivity contribution >= 4 is 23.2 Å². The third-order valence-electron chi connectivity index (χ3n) is 4.54. The quantitative estimate of drug-likeness (QED) is 0.651. The Morgan fingerprint density at radius 1 is 1.33 bits per heavy atom. The maximum atomic E-state index is 13.4. The first-order chi connectivity index (χ1) is 14.4. The molecule has 2 heterocycles. The maximum absolute atomic E-state index is 13.4. The number of aliphatic hydroxyl groups excluding tert-OH is 1. The van der Waals surface area contributed by atoms with Crippen molar-refractivity contribution in [3.63, 3.8) is 0 Å². The van der Waals surface area contributed by atoms with Gasteiger partial charge in [0.1, 0.15) is 30.0 Å². The Balaban J connectivity index is 1.38. The fourth-order valence-corrected chi connectivity index (χ4v) is 3.06. The molecule has 10 heteroatoms. The average Bonchev–Trinajstić information content (AvgIpc) is 2.76. The van der Waals surface area contributed by atoms with Crippen LogP contribution >= 0.6 is 11.6 Å². The number of rotatable bonds is 7. The Kier molecular flexibility index (Phi) is 7.54.